The van der Waals surface area contributed by atoms with E-state index in [0.717, 1.165) is 30.6 Å². The van der Waals surface area contributed by atoms with Crippen LogP contribution in [0.1, 0.15) is 75.3 Å². The van der Waals surface area contributed by atoms with Crippen molar-refractivity contribution in [2.75, 3.05) is 20.3 Å². The van der Waals surface area contributed by atoms with Crippen molar-refractivity contribution < 1.29 is 19.3 Å². The summed E-state index contributed by atoms with van der Waals surface area (Å²) in [5, 5.41) is 0. The van der Waals surface area contributed by atoms with Crippen molar-refractivity contribution >= 4 is 5.78 Å². The maximum atomic E-state index is 12.4. The van der Waals surface area contributed by atoms with Crippen LogP contribution in [0.3, 0.4) is 0 Å². The van der Waals surface area contributed by atoms with E-state index in [-0.39, 0.29) is 17.8 Å². The summed E-state index contributed by atoms with van der Waals surface area (Å²) in [6, 6.07) is 22.0. The van der Waals surface area contributed by atoms with Crippen molar-refractivity contribution in [3.8, 4) is 16.9 Å². The van der Waals surface area contributed by atoms with Crippen LogP contribution in [0.15, 0.2) is 60.7 Å². The summed E-state index contributed by atoms with van der Waals surface area (Å²) in [4.78, 5) is 22.0. The Balaban J connectivity index is 1.86. The van der Waals surface area contributed by atoms with Gasteiger partial charge in [0.25, 0.3) is 0 Å². The number of carbonyl (C=O) groups excluding carboxylic acids is 1. The Labute approximate surface area is 229 Å². The summed E-state index contributed by atoms with van der Waals surface area (Å²) in [5.41, 5.74) is 8.11. The Hall–Kier alpha value is -2.95. The summed E-state index contributed by atoms with van der Waals surface area (Å²) in [5.74, 6) is 0.874. The van der Waals surface area contributed by atoms with Gasteiger partial charge in [-0.15, -0.1) is 0 Å². The van der Waals surface area contributed by atoms with Crippen LogP contribution in [-0.4, -0.2) is 26.1 Å². The molecule has 0 spiro atoms. The minimum absolute atomic E-state index is 0.0962. The fraction of sp³-hybridized carbons (Fsp3) is 0.441. The minimum atomic E-state index is -0.404. The van der Waals surface area contributed by atoms with Gasteiger partial charge in [-0.25, -0.2) is 9.78 Å². The summed E-state index contributed by atoms with van der Waals surface area (Å²) in [7, 11) is 1.53. The van der Waals surface area contributed by atoms with Crippen molar-refractivity contribution in [1.82, 2.24) is 0 Å². The van der Waals surface area contributed by atoms with E-state index in [1.165, 1.54) is 40.5 Å². The molecular weight excluding hydrogens is 472 g/mol. The van der Waals surface area contributed by atoms with Crippen molar-refractivity contribution in [2.24, 2.45) is 5.41 Å². The minimum Gasteiger partial charge on any atom is -0.486 e. The molecule has 0 heterocycles. The highest BCUT2D eigenvalue weighted by Gasteiger charge is 2.31. The van der Waals surface area contributed by atoms with Crippen LogP contribution in [0, 0.1) is 19.3 Å². The second kappa shape index (κ2) is 12.7. The lowest BCUT2D eigenvalue weighted by molar-refractivity contribution is -0.271. The van der Waals surface area contributed by atoms with E-state index in [1.807, 2.05) is 26.8 Å². The van der Waals surface area contributed by atoms with Gasteiger partial charge in [-0.2, -0.15) is 0 Å². The zero-order valence-electron chi connectivity index (χ0n) is 24.4. The Bertz CT molecular complexity index is 1210. The van der Waals surface area contributed by atoms with Gasteiger partial charge in [0.05, 0.1) is 13.7 Å². The Morgan fingerprint density at radius 3 is 1.95 bits per heavy atom. The molecule has 0 unspecified atom stereocenters. The molecular formula is C34H44O4. The number of carbonyl (C=O) groups is 1. The third-order valence-electron chi connectivity index (χ3n) is 7.77. The van der Waals surface area contributed by atoms with Gasteiger partial charge in [-0.1, -0.05) is 89.2 Å². The molecule has 0 amide bonds. The number of ketones is 1. The first-order valence-corrected chi connectivity index (χ1v) is 13.7. The average Bonchev–Trinajstić information content (AvgIpc) is 2.89. The monoisotopic (exact) mass is 516 g/mol. The average molecular weight is 517 g/mol. The van der Waals surface area contributed by atoms with Gasteiger partial charge in [0.2, 0.25) is 0 Å². The first-order chi connectivity index (χ1) is 18.1. The normalized spacial score (nSPS) is 12.0. The predicted molar refractivity (Wildman–Crippen MR) is 156 cm³/mol. The van der Waals surface area contributed by atoms with Crippen LogP contribution in [0.2, 0.25) is 0 Å². The quantitative estimate of drug-likeness (QED) is 0.138. The van der Waals surface area contributed by atoms with Gasteiger partial charge in [0, 0.05) is 10.8 Å². The van der Waals surface area contributed by atoms with E-state index in [2.05, 4.69) is 87.2 Å². The highest BCUT2D eigenvalue weighted by molar-refractivity contribution is 5.85. The van der Waals surface area contributed by atoms with E-state index < -0.39 is 5.41 Å². The van der Waals surface area contributed by atoms with E-state index in [4.69, 9.17) is 9.62 Å². The lowest BCUT2D eigenvalue weighted by Gasteiger charge is -2.34. The molecule has 0 fully saturated rings. The number of Topliss-reactive ketones (excluding diaryl/α,β-unsaturated/α-hetero) is 1. The molecule has 4 heteroatoms. The summed E-state index contributed by atoms with van der Waals surface area (Å²) in [6.45, 7) is 15.2. The van der Waals surface area contributed by atoms with Crippen LogP contribution in [0.5, 0.6) is 5.75 Å². The Morgan fingerprint density at radius 1 is 0.816 bits per heavy atom. The molecule has 204 valence electrons. The molecule has 0 atom stereocenters. The van der Waals surface area contributed by atoms with Gasteiger partial charge in [-0.3, -0.25) is 4.79 Å². The number of benzene rings is 3. The molecule has 3 aromatic rings. The topological polar surface area (TPSA) is 44.8 Å². The molecule has 3 aromatic carbocycles. The molecule has 0 saturated carbocycles. The smallest absolute Gasteiger partial charge is 0.175 e. The molecule has 0 aliphatic rings. The molecule has 0 radical (unpaired) electrons. The molecule has 0 aliphatic carbocycles. The lowest BCUT2D eigenvalue weighted by Crippen LogP contribution is -2.27. The van der Waals surface area contributed by atoms with E-state index in [9.17, 15) is 4.79 Å². The highest BCUT2D eigenvalue weighted by atomic mass is 17.2. The fourth-order valence-electron chi connectivity index (χ4n) is 5.08. The van der Waals surface area contributed by atoms with Gasteiger partial charge >= 0.3 is 0 Å². The number of hydrogen-bond acceptors (Lipinski definition) is 4. The SMILES string of the molecule is CCC(CC)(c1ccc(OCC(=O)C(C)(C)C)c(C)c1)c1ccc(-c2ccc(CCOOC)cc2)c(C)c1. The maximum Gasteiger partial charge on any atom is 0.175 e. The lowest BCUT2D eigenvalue weighted by atomic mass is 9.69. The van der Waals surface area contributed by atoms with Crippen LogP contribution in [0.25, 0.3) is 11.1 Å². The zero-order chi connectivity index (χ0) is 27.9. The molecule has 0 saturated heterocycles. The number of aryl methyl sites for hydroxylation is 2. The van der Waals surface area contributed by atoms with Gasteiger partial charge < -0.3 is 4.74 Å². The second-order valence-electron chi connectivity index (χ2n) is 11.2. The van der Waals surface area contributed by atoms with Crippen LogP contribution in [0.4, 0.5) is 0 Å². The largest absolute Gasteiger partial charge is 0.486 e. The Kier molecular flexibility index (Phi) is 9.92. The predicted octanol–water partition coefficient (Wildman–Crippen LogP) is 8.19. The van der Waals surface area contributed by atoms with Gasteiger partial charge in [0.1, 0.15) is 12.4 Å². The van der Waals surface area contributed by atoms with Crippen molar-refractivity contribution in [3.05, 3.63) is 88.5 Å². The first-order valence-electron chi connectivity index (χ1n) is 13.7. The number of rotatable bonds is 12. The molecule has 4 nitrogen and oxygen atoms in total. The van der Waals surface area contributed by atoms with Crippen molar-refractivity contribution in [1.29, 1.82) is 0 Å². The van der Waals surface area contributed by atoms with Crippen LogP contribution in [-0.2, 0) is 26.4 Å². The van der Waals surface area contributed by atoms with E-state index in [0.29, 0.717) is 6.61 Å². The van der Waals surface area contributed by atoms with Crippen molar-refractivity contribution in [3.63, 3.8) is 0 Å². The Morgan fingerprint density at radius 2 is 1.42 bits per heavy atom. The summed E-state index contributed by atoms with van der Waals surface area (Å²) < 4.78 is 5.92. The highest BCUT2D eigenvalue weighted by Crippen LogP contribution is 2.41. The van der Waals surface area contributed by atoms with Gasteiger partial charge in [0.15, 0.2) is 5.78 Å². The van der Waals surface area contributed by atoms with E-state index in [1.54, 1.807) is 0 Å². The second-order valence-corrected chi connectivity index (χ2v) is 11.2. The summed E-state index contributed by atoms with van der Waals surface area (Å²) in [6.07, 6.45) is 2.79. The van der Waals surface area contributed by atoms with E-state index >= 15 is 0 Å². The molecule has 3 rings (SSSR count). The third-order valence-corrected chi connectivity index (χ3v) is 7.77. The standard InChI is InChI=1S/C34H44O4/c1-9-34(10-2,29-16-18-31(25(4)22-29)37-23-32(35)33(5,6)7)28-15-17-30(24(3)21-28)27-13-11-26(12-14-27)19-20-38-36-8/h11-18,21-22H,9-10,19-20,23H2,1-8H3. The van der Waals surface area contributed by atoms with Gasteiger partial charge in [-0.05, 0) is 78.1 Å². The van der Waals surface area contributed by atoms with Crippen LogP contribution >= 0.6 is 0 Å². The zero-order valence-corrected chi connectivity index (χ0v) is 24.4. The third kappa shape index (κ3) is 6.73. The fourth-order valence-corrected chi connectivity index (χ4v) is 5.08. The molecule has 0 aromatic heterocycles. The number of hydrogen-bond donors (Lipinski definition) is 0. The molecule has 0 bridgehead atoms. The maximum absolute atomic E-state index is 12.4. The number of ether oxygens (including phenoxy) is 1. The summed E-state index contributed by atoms with van der Waals surface area (Å²) >= 11 is 0. The van der Waals surface area contributed by atoms with Crippen molar-refractivity contribution in [2.45, 2.75) is 73.1 Å². The molecule has 0 N–H and O–H groups in total. The molecule has 0 aliphatic heterocycles. The molecule has 38 heavy (non-hydrogen) atoms. The van der Waals surface area contributed by atoms with Crippen LogP contribution < -0.4 is 4.74 Å². The first kappa shape index (κ1) is 29.6.